The summed E-state index contributed by atoms with van der Waals surface area (Å²) in [5, 5.41) is 9.59. The number of imide groups is 1. The minimum Gasteiger partial charge on any atom is -0.508 e. The first-order valence-electron chi connectivity index (χ1n) is 10.2. The molecule has 0 spiro atoms. The molecule has 28 heavy (non-hydrogen) atoms. The van der Waals surface area contributed by atoms with Crippen LogP contribution in [0.1, 0.15) is 62.7 Å². The molecule has 0 bridgehead atoms. The number of Topliss-reactive ketones (excluding diaryl/α,β-unsaturated/α-hetero) is 1. The van der Waals surface area contributed by atoms with Crippen molar-refractivity contribution in [3.63, 3.8) is 0 Å². The first kappa shape index (κ1) is 20.4. The largest absolute Gasteiger partial charge is 0.508 e. The quantitative estimate of drug-likeness (QED) is 0.595. The van der Waals surface area contributed by atoms with Crippen LogP contribution in [0, 0.1) is 11.8 Å². The molecule has 1 aliphatic heterocycles. The van der Waals surface area contributed by atoms with E-state index in [2.05, 4.69) is 6.92 Å². The minimum atomic E-state index is -0.906. The third-order valence-electron chi connectivity index (χ3n) is 6.65. The predicted octanol–water partition coefficient (Wildman–Crippen LogP) is 3.83. The molecular formula is C22H30N2O4. The zero-order valence-corrected chi connectivity index (χ0v) is 17.0. The number of carbonyl (C=O) groups is 3. The van der Waals surface area contributed by atoms with Crippen LogP contribution in [0.4, 0.5) is 4.79 Å². The van der Waals surface area contributed by atoms with Crippen LogP contribution in [0.5, 0.6) is 5.75 Å². The van der Waals surface area contributed by atoms with E-state index in [1.54, 1.807) is 24.1 Å². The van der Waals surface area contributed by atoms with Crippen molar-refractivity contribution in [1.82, 2.24) is 9.80 Å². The van der Waals surface area contributed by atoms with Gasteiger partial charge in [0.15, 0.2) is 5.78 Å². The highest BCUT2D eigenvalue weighted by atomic mass is 16.3. The number of nitrogens with zero attached hydrogens (tertiary/aromatic N) is 2. The van der Waals surface area contributed by atoms with Gasteiger partial charge in [-0.3, -0.25) is 14.5 Å². The van der Waals surface area contributed by atoms with Crippen molar-refractivity contribution in [3.05, 3.63) is 29.8 Å². The molecule has 152 valence electrons. The lowest BCUT2D eigenvalue weighted by atomic mass is 9.67. The first-order chi connectivity index (χ1) is 13.3. The first-order valence-corrected chi connectivity index (χ1v) is 10.2. The Morgan fingerprint density at radius 1 is 1.25 bits per heavy atom. The second kappa shape index (κ2) is 7.94. The lowest BCUT2D eigenvalue weighted by molar-refractivity contribution is -0.136. The molecule has 1 aromatic carbocycles. The van der Waals surface area contributed by atoms with E-state index in [0.29, 0.717) is 11.5 Å². The summed E-state index contributed by atoms with van der Waals surface area (Å²) in [5.74, 6) is -0.116. The lowest BCUT2D eigenvalue weighted by Crippen LogP contribution is -2.54. The molecule has 1 heterocycles. The number of phenolic OH excluding ortho intramolecular Hbond substituents is 1. The normalized spacial score (nSPS) is 28.1. The molecule has 1 N–H and O–H groups in total. The Labute approximate surface area is 166 Å². The van der Waals surface area contributed by atoms with Crippen molar-refractivity contribution in [2.24, 2.45) is 11.8 Å². The monoisotopic (exact) mass is 386 g/mol. The van der Waals surface area contributed by atoms with Crippen molar-refractivity contribution in [2.75, 3.05) is 13.6 Å². The van der Waals surface area contributed by atoms with E-state index in [0.717, 1.165) is 37.0 Å². The van der Waals surface area contributed by atoms with Gasteiger partial charge in [-0.1, -0.05) is 51.2 Å². The van der Waals surface area contributed by atoms with Crippen LogP contribution < -0.4 is 0 Å². The Morgan fingerprint density at radius 3 is 2.64 bits per heavy atom. The molecule has 2 aliphatic rings. The fraction of sp³-hybridized carbons (Fsp3) is 0.591. The van der Waals surface area contributed by atoms with E-state index in [1.165, 1.54) is 18.6 Å². The minimum absolute atomic E-state index is 0.0171. The van der Waals surface area contributed by atoms with E-state index in [-0.39, 0.29) is 29.9 Å². The number of hydrogen-bond donors (Lipinski definition) is 1. The van der Waals surface area contributed by atoms with Gasteiger partial charge in [-0.15, -0.1) is 0 Å². The Kier molecular flexibility index (Phi) is 5.77. The number of phenols is 1. The highest BCUT2D eigenvalue weighted by Gasteiger charge is 2.58. The zero-order valence-electron chi connectivity index (χ0n) is 17.0. The second-order valence-electron chi connectivity index (χ2n) is 8.29. The number of urea groups is 1. The van der Waals surface area contributed by atoms with Crippen LogP contribution in [-0.4, -0.2) is 51.8 Å². The summed E-state index contributed by atoms with van der Waals surface area (Å²) in [7, 11) is 1.68. The van der Waals surface area contributed by atoms with E-state index in [9.17, 15) is 19.5 Å². The molecule has 3 atom stereocenters. The van der Waals surface area contributed by atoms with Crippen molar-refractivity contribution in [3.8, 4) is 5.75 Å². The Balaban J connectivity index is 1.84. The van der Waals surface area contributed by atoms with Gasteiger partial charge in [-0.25, -0.2) is 4.79 Å². The molecule has 1 unspecified atom stereocenters. The van der Waals surface area contributed by atoms with Gasteiger partial charge < -0.3 is 10.0 Å². The van der Waals surface area contributed by atoms with Gasteiger partial charge in [0.05, 0.1) is 6.54 Å². The summed E-state index contributed by atoms with van der Waals surface area (Å²) in [4.78, 5) is 41.6. The molecule has 1 aromatic rings. The van der Waals surface area contributed by atoms with E-state index in [4.69, 9.17) is 0 Å². The van der Waals surface area contributed by atoms with Gasteiger partial charge in [0.1, 0.15) is 11.3 Å². The lowest BCUT2D eigenvalue weighted by Gasteiger charge is -2.43. The van der Waals surface area contributed by atoms with Crippen molar-refractivity contribution < 1.29 is 19.5 Å². The molecule has 0 aromatic heterocycles. The molecule has 1 saturated heterocycles. The summed E-state index contributed by atoms with van der Waals surface area (Å²) in [6.07, 6.45) is 6.37. The fourth-order valence-corrected chi connectivity index (χ4v) is 5.01. The van der Waals surface area contributed by atoms with Crippen molar-refractivity contribution in [1.29, 1.82) is 0 Å². The second-order valence-corrected chi connectivity index (χ2v) is 8.29. The Bertz CT molecular complexity index is 776. The van der Waals surface area contributed by atoms with Crippen LogP contribution >= 0.6 is 0 Å². The van der Waals surface area contributed by atoms with E-state index in [1.807, 2.05) is 6.92 Å². The maximum absolute atomic E-state index is 13.4. The van der Waals surface area contributed by atoms with Crippen LogP contribution in [0.15, 0.2) is 24.3 Å². The van der Waals surface area contributed by atoms with Crippen LogP contribution in [-0.2, 0) is 4.79 Å². The molecule has 3 amide bonds. The maximum Gasteiger partial charge on any atom is 0.327 e. The number of ketones is 1. The van der Waals surface area contributed by atoms with Crippen molar-refractivity contribution >= 4 is 17.7 Å². The van der Waals surface area contributed by atoms with Gasteiger partial charge in [0.25, 0.3) is 5.91 Å². The summed E-state index contributed by atoms with van der Waals surface area (Å²) in [6.45, 7) is 3.72. The van der Waals surface area contributed by atoms with E-state index >= 15 is 0 Å². The Hall–Kier alpha value is -2.37. The highest BCUT2D eigenvalue weighted by Crippen LogP contribution is 2.45. The number of hydrogen-bond acceptors (Lipinski definition) is 4. The molecule has 2 fully saturated rings. The smallest absolute Gasteiger partial charge is 0.327 e. The van der Waals surface area contributed by atoms with Crippen LogP contribution in [0.2, 0.25) is 0 Å². The van der Waals surface area contributed by atoms with Gasteiger partial charge >= 0.3 is 6.03 Å². The van der Waals surface area contributed by atoms with Crippen LogP contribution in [0.3, 0.4) is 0 Å². The highest BCUT2D eigenvalue weighted by molar-refractivity contribution is 6.11. The average Bonchev–Trinajstić information content (AvgIpc) is 2.85. The molecule has 6 nitrogen and oxygen atoms in total. The third-order valence-corrected chi connectivity index (χ3v) is 6.65. The molecule has 1 saturated carbocycles. The van der Waals surface area contributed by atoms with Crippen LogP contribution in [0.25, 0.3) is 0 Å². The van der Waals surface area contributed by atoms with Gasteiger partial charge in [-0.2, -0.15) is 0 Å². The Morgan fingerprint density at radius 2 is 1.96 bits per heavy atom. The summed E-state index contributed by atoms with van der Waals surface area (Å²) in [6, 6.07) is 5.57. The molecule has 0 radical (unpaired) electrons. The predicted molar refractivity (Wildman–Crippen MR) is 106 cm³/mol. The van der Waals surface area contributed by atoms with Gasteiger partial charge in [0.2, 0.25) is 0 Å². The summed E-state index contributed by atoms with van der Waals surface area (Å²) in [5.41, 5.74) is -0.616. The average molecular weight is 386 g/mol. The van der Waals surface area contributed by atoms with Crippen molar-refractivity contribution in [2.45, 2.75) is 57.9 Å². The topological polar surface area (TPSA) is 77.9 Å². The molecule has 6 heteroatoms. The number of carbonyl (C=O) groups excluding carboxylic acids is 3. The number of amides is 3. The third kappa shape index (κ3) is 3.40. The SMILES string of the molecule is CCC[C@@H]1CCCCC1[C@]1(C)C(=O)N(CC(=O)c2cccc(O)c2)C(=O)N1C. The fourth-order valence-electron chi connectivity index (χ4n) is 5.01. The summed E-state index contributed by atoms with van der Waals surface area (Å²) < 4.78 is 0. The number of likely N-dealkylation sites (N-methyl/N-ethyl adjacent to an activating group) is 1. The number of aromatic hydroxyl groups is 1. The maximum atomic E-state index is 13.4. The standard InChI is InChI=1S/C22H30N2O4/c1-4-8-15-9-5-6-12-18(15)22(2)20(27)24(21(28)23(22)3)14-19(26)16-10-7-11-17(25)13-16/h7,10-11,13,15,18,25H,4-6,8-9,12,14H2,1-3H3/t15-,18?,22-/m1/s1. The van der Waals surface area contributed by atoms with E-state index < -0.39 is 11.6 Å². The zero-order chi connectivity index (χ0) is 20.5. The molecule has 1 aliphatic carbocycles. The van der Waals surface area contributed by atoms with Gasteiger partial charge in [-0.05, 0) is 37.3 Å². The summed E-state index contributed by atoms with van der Waals surface area (Å²) >= 11 is 0. The number of benzene rings is 1. The molecular weight excluding hydrogens is 356 g/mol. The molecule has 3 rings (SSSR count). The number of rotatable bonds is 6. The van der Waals surface area contributed by atoms with Gasteiger partial charge in [0, 0.05) is 12.6 Å².